The van der Waals surface area contributed by atoms with Gasteiger partial charge in [0.25, 0.3) is 0 Å². The fourth-order valence-electron chi connectivity index (χ4n) is 0.830. The molecule has 0 saturated heterocycles. The zero-order valence-electron chi connectivity index (χ0n) is 7.73. The summed E-state index contributed by atoms with van der Waals surface area (Å²) in [4.78, 5) is 48.6. The van der Waals surface area contributed by atoms with Gasteiger partial charge in [-0.15, -0.1) is 0 Å². The lowest BCUT2D eigenvalue weighted by Gasteiger charge is -2.19. The summed E-state index contributed by atoms with van der Waals surface area (Å²) >= 11 is 0. The fourth-order valence-corrected chi connectivity index (χ4v) is 1.47. The topological polar surface area (TPSA) is 169 Å². The van der Waals surface area contributed by atoms with Crippen LogP contribution in [0, 0.1) is 0 Å². The van der Waals surface area contributed by atoms with Crippen LogP contribution < -0.4 is 0 Å². The maximum Gasteiger partial charge on any atom is 0.344 e. The minimum absolute atomic E-state index is 1.47. The molecule has 10 heteroatoms. The van der Waals surface area contributed by atoms with E-state index in [1.807, 2.05) is 0 Å². The maximum atomic E-state index is 11.1. The molecule has 0 amide bonds. The monoisotopic (exact) mass is 256 g/mol. The number of Topliss-reactive ketones (excluding diaryl/α,β-unsaturated/α-hetero) is 1. The average molecular weight is 256 g/mol. The van der Waals surface area contributed by atoms with E-state index >= 15 is 0 Å². The van der Waals surface area contributed by atoms with Gasteiger partial charge >= 0.3 is 19.5 Å². The summed E-state index contributed by atoms with van der Waals surface area (Å²) in [6, 6.07) is 0. The number of aliphatic carboxylic acids is 2. The number of carboxylic acid groups (broad SMARTS) is 2. The van der Waals surface area contributed by atoms with E-state index in [9.17, 15) is 24.1 Å². The van der Waals surface area contributed by atoms with Gasteiger partial charge in [-0.05, 0) is 0 Å². The standard InChI is InChI=1S/C6H9O9P/c7-3(2-16(13,14)15)6(12,5(10)11)1-4(8)9/h12H,1-2H2,(H,8,9)(H,10,11)(H2,13,14,15). The van der Waals surface area contributed by atoms with Crippen molar-refractivity contribution in [2.75, 3.05) is 6.16 Å². The van der Waals surface area contributed by atoms with E-state index in [1.165, 1.54) is 0 Å². The van der Waals surface area contributed by atoms with Crippen molar-refractivity contribution in [3.63, 3.8) is 0 Å². The highest BCUT2D eigenvalue weighted by Crippen LogP contribution is 2.35. The molecule has 0 aromatic carbocycles. The van der Waals surface area contributed by atoms with Crippen LogP contribution in [0.4, 0.5) is 0 Å². The quantitative estimate of drug-likeness (QED) is 0.267. The first-order valence-corrected chi connectivity index (χ1v) is 5.54. The lowest BCUT2D eigenvalue weighted by atomic mass is 9.95. The minimum Gasteiger partial charge on any atom is -0.481 e. The van der Waals surface area contributed by atoms with Gasteiger partial charge in [0, 0.05) is 0 Å². The van der Waals surface area contributed by atoms with E-state index in [4.69, 9.17) is 20.0 Å². The largest absolute Gasteiger partial charge is 0.481 e. The van der Waals surface area contributed by atoms with Crippen molar-refractivity contribution in [2.24, 2.45) is 0 Å². The van der Waals surface area contributed by atoms with Crippen molar-refractivity contribution in [1.82, 2.24) is 0 Å². The molecule has 0 aliphatic carbocycles. The Bertz CT molecular complexity index is 368. The summed E-state index contributed by atoms with van der Waals surface area (Å²) in [5.41, 5.74) is -3.33. The molecule has 0 rings (SSSR count). The highest BCUT2D eigenvalue weighted by Gasteiger charge is 2.47. The van der Waals surface area contributed by atoms with Crippen LogP contribution in [0.15, 0.2) is 0 Å². The third-order valence-electron chi connectivity index (χ3n) is 1.57. The Morgan fingerprint density at radius 3 is 1.81 bits per heavy atom. The van der Waals surface area contributed by atoms with Gasteiger partial charge in [-0.1, -0.05) is 0 Å². The predicted molar refractivity (Wildman–Crippen MR) is 46.8 cm³/mol. The van der Waals surface area contributed by atoms with Crippen molar-refractivity contribution >= 4 is 25.3 Å². The number of carboxylic acids is 2. The van der Waals surface area contributed by atoms with Crippen molar-refractivity contribution in [2.45, 2.75) is 12.0 Å². The summed E-state index contributed by atoms with van der Waals surface area (Å²) in [7, 11) is -4.87. The number of ketones is 1. The van der Waals surface area contributed by atoms with E-state index in [2.05, 4.69) is 0 Å². The Hall–Kier alpha value is -1.28. The number of rotatable bonds is 6. The van der Waals surface area contributed by atoms with Gasteiger partial charge in [-0.2, -0.15) is 0 Å². The van der Waals surface area contributed by atoms with E-state index < -0.39 is 43.5 Å². The van der Waals surface area contributed by atoms with E-state index in [1.54, 1.807) is 0 Å². The second-order valence-electron chi connectivity index (χ2n) is 2.98. The van der Waals surface area contributed by atoms with Crippen molar-refractivity contribution in [3.8, 4) is 0 Å². The zero-order valence-corrected chi connectivity index (χ0v) is 8.62. The molecule has 9 nitrogen and oxygen atoms in total. The van der Waals surface area contributed by atoms with Gasteiger partial charge in [0.1, 0.15) is 6.16 Å². The van der Waals surface area contributed by atoms with E-state index in [-0.39, 0.29) is 0 Å². The Labute approximate surface area is 88.5 Å². The van der Waals surface area contributed by atoms with Crippen LogP contribution in [0.25, 0.3) is 0 Å². The molecule has 0 heterocycles. The molecule has 0 aliphatic heterocycles. The molecule has 0 aromatic rings. The van der Waals surface area contributed by atoms with Gasteiger partial charge < -0.3 is 25.1 Å². The molecule has 0 bridgehead atoms. The number of carbonyl (C=O) groups is 3. The lowest BCUT2D eigenvalue weighted by Crippen LogP contribution is -2.49. The molecule has 5 N–H and O–H groups in total. The SMILES string of the molecule is O=C(O)CC(O)(C(=O)O)C(=O)CP(=O)(O)O. The minimum atomic E-state index is -4.87. The van der Waals surface area contributed by atoms with Crippen LogP contribution in [0.1, 0.15) is 6.42 Å². The van der Waals surface area contributed by atoms with Crippen LogP contribution in [-0.2, 0) is 18.9 Å². The number of carbonyl (C=O) groups excluding carboxylic acids is 1. The van der Waals surface area contributed by atoms with E-state index in [0.717, 1.165) is 0 Å². The molecular formula is C6H9O9P. The first-order valence-electron chi connectivity index (χ1n) is 3.74. The molecule has 0 fully saturated rings. The van der Waals surface area contributed by atoms with Gasteiger partial charge in [0.15, 0.2) is 5.78 Å². The van der Waals surface area contributed by atoms with Gasteiger partial charge in [-0.3, -0.25) is 14.2 Å². The molecule has 16 heavy (non-hydrogen) atoms. The fraction of sp³-hybridized carbons (Fsp3) is 0.500. The average Bonchev–Trinajstić information content (AvgIpc) is 1.98. The van der Waals surface area contributed by atoms with Gasteiger partial charge in [0.05, 0.1) is 6.42 Å². The Balaban J connectivity index is 5.07. The molecule has 0 aromatic heterocycles. The molecule has 0 spiro atoms. The third kappa shape index (κ3) is 4.07. The van der Waals surface area contributed by atoms with Gasteiger partial charge in [0.2, 0.25) is 5.60 Å². The number of hydrogen-bond acceptors (Lipinski definition) is 5. The summed E-state index contributed by atoms with van der Waals surface area (Å²) < 4.78 is 10.4. The smallest absolute Gasteiger partial charge is 0.344 e. The highest BCUT2D eigenvalue weighted by molar-refractivity contribution is 7.52. The van der Waals surface area contributed by atoms with E-state index in [0.29, 0.717) is 0 Å². The third-order valence-corrected chi connectivity index (χ3v) is 2.27. The Kier molecular flexibility index (Phi) is 4.33. The first-order chi connectivity index (χ1) is 6.99. The van der Waals surface area contributed by atoms with Gasteiger partial charge in [-0.25, -0.2) is 4.79 Å². The molecule has 1 unspecified atom stereocenters. The summed E-state index contributed by atoms with van der Waals surface area (Å²) in [5, 5.41) is 26.0. The van der Waals surface area contributed by atoms with Crippen LogP contribution in [-0.4, -0.2) is 54.6 Å². The molecule has 1 atom stereocenters. The molecule has 0 saturated carbocycles. The second-order valence-corrected chi connectivity index (χ2v) is 4.63. The van der Waals surface area contributed by atoms with Crippen LogP contribution in [0.3, 0.4) is 0 Å². The normalized spacial score (nSPS) is 15.2. The summed E-state index contributed by atoms with van der Waals surface area (Å²) in [6.07, 6.45) is -3.01. The van der Waals surface area contributed by atoms with Crippen molar-refractivity contribution < 1.29 is 44.1 Å². The lowest BCUT2D eigenvalue weighted by molar-refractivity contribution is -0.170. The highest BCUT2D eigenvalue weighted by atomic mass is 31.2. The second kappa shape index (κ2) is 4.71. The Morgan fingerprint density at radius 1 is 1.12 bits per heavy atom. The van der Waals surface area contributed by atoms with Crippen LogP contribution in [0.2, 0.25) is 0 Å². The first kappa shape index (κ1) is 14.7. The summed E-state index contributed by atoms with van der Waals surface area (Å²) in [6.45, 7) is 0. The zero-order chi connectivity index (χ0) is 13.1. The van der Waals surface area contributed by atoms with Crippen molar-refractivity contribution in [1.29, 1.82) is 0 Å². The number of aliphatic hydroxyl groups is 1. The number of hydrogen-bond donors (Lipinski definition) is 5. The molecule has 0 aliphatic rings. The predicted octanol–water partition coefficient (Wildman–Crippen LogP) is -1.98. The van der Waals surface area contributed by atoms with Crippen LogP contribution >= 0.6 is 7.60 Å². The summed E-state index contributed by atoms with van der Waals surface area (Å²) in [5.74, 6) is -5.71. The Morgan fingerprint density at radius 2 is 1.56 bits per heavy atom. The molecule has 0 radical (unpaired) electrons. The maximum absolute atomic E-state index is 11.1. The van der Waals surface area contributed by atoms with Crippen LogP contribution in [0.5, 0.6) is 0 Å². The van der Waals surface area contributed by atoms with Crippen molar-refractivity contribution in [3.05, 3.63) is 0 Å². The molecular weight excluding hydrogens is 247 g/mol. The molecule has 92 valence electrons.